The van der Waals surface area contributed by atoms with Crippen LogP contribution in [0, 0.1) is 5.41 Å². The van der Waals surface area contributed by atoms with Crippen LogP contribution in [-0.4, -0.2) is 51.3 Å². The summed E-state index contributed by atoms with van der Waals surface area (Å²) in [6.07, 6.45) is 4.45. The van der Waals surface area contributed by atoms with Gasteiger partial charge < -0.3 is 15.0 Å². The molecule has 0 aromatic heterocycles. The van der Waals surface area contributed by atoms with Crippen molar-refractivity contribution in [3.8, 4) is 0 Å². The lowest BCUT2D eigenvalue weighted by atomic mass is 9.63. The summed E-state index contributed by atoms with van der Waals surface area (Å²) in [4.78, 5) is 2.57. The first-order chi connectivity index (χ1) is 6.85. The maximum absolute atomic E-state index is 4.97. The molecule has 0 aromatic carbocycles. The van der Waals surface area contributed by atoms with Gasteiger partial charge in [0.1, 0.15) is 0 Å². The fourth-order valence-electron chi connectivity index (χ4n) is 2.59. The van der Waals surface area contributed by atoms with Crippen LogP contribution in [0.15, 0.2) is 0 Å². The molecular formula is C11H22N2O. The minimum Gasteiger partial charge on any atom is -0.383 e. The highest BCUT2D eigenvalue weighted by molar-refractivity contribution is 5.00. The quantitative estimate of drug-likeness (QED) is 0.636. The van der Waals surface area contributed by atoms with Crippen LogP contribution in [-0.2, 0) is 4.74 Å². The second-order valence-corrected chi connectivity index (χ2v) is 4.81. The molecule has 14 heavy (non-hydrogen) atoms. The zero-order valence-corrected chi connectivity index (χ0v) is 9.22. The van der Waals surface area contributed by atoms with Crippen molar-refractivity contribution in [3.63, 3.8) is 0 Å². The first-order valence-corrected chi connectivity index (χ1v) is 5.77. The highest BCUT2D eigenvalue weighted by Gasteiger charge is 2.46. The van der Waals surface area contributed by atoms with Crippen LogP contribution in [0.1, 0.15) is 19.3 Å². The molecule has 82 valence electrons. The third kappa shape index (κ3) is 2.27. The van der Waals surface area contributed by atoms with E-state index < -0.39 is 0 Å². The van der Waals surface area contributed by atoms with Gasteiger partial charge >= 0.3 is 0 Å². The molecule has 0 amide bonds. The van der Waals surface area contributed by atoms with Crippen LogP contribution >= 0.6 is 0 Å². The lowest BCUT2D eigenvalue weighted by Gasteiger charge is -2.56. The second-order valence-electron chi connectivity index (χ2n) is 4.81. The SMILES string of the molecule is COCCNCCN1CC2(CCC2)C1. The number of hydrogen-bond acceptors (Lipinski definition) is 3. The van der Waals surface area contributed by atoms with Gasteiger partial charge in [-0.3, -0.25) is 0 Å². The van der Waals surface area contributed by atoms with Gasteiger partial charge in [-0.25, -0.2) is 0 Å². The van der Waals surface area contributed by atoms with E-state index in [-0.39, 0.29) is 0 Å². The average Bonchev–Trinajstić information content (AvgIpc) is 2.04. The molecule has 3 heteroatoms. The highest BCUT2D eigenvalue weighted by atomic mass is 16.5. The van der Waals surface area contributed by atoms with E-state index in [9.17, 15) is 0 Å². The second kappa shape index (κ2) is 4.60. The van der Waals surface area contributed by atoms with Crippen molar-refractivity contribution >= 4 is 0 Å². The molecule has 0 bridgehead atoms. The summed E-state index contributed by atoms with van der Waals surface area (Å²) in [6.45, 7) is 6.85. The van der Waals surface area contributed by atoms with E-state index >= 15 is 0 Å². The number of nitrogens with one attached hydrogen (secondary N) is 1. The van der Waals surface area contributed by atoms with Gasteiger partial charge in [0.15, 0.2) is 0 Å². The van der Waals surface area contributed by atoms with Crippen molar-refractivity contribution in [2.45, 2.75) is 19.3 Å². The maximum Gasteiger partial charge on any atom is 0.0587 e. The lowest BCUT2D eigenvalue weighted by molar-refractivity contribution is -0.0585. The number of ether oxygens (including phenoxy) is 1. The summed E-state index contributed by atoms with van der Waals surface area (Å²) in [5.74, 6) is 0. The minimum atomic E-state index is 0.784. The maximum atomic E-state index is 4.97. The molecule has 1 saturated carbocycles. The van der Waals surface area contributed by atoms with Gasteiger partial charge in [0.2, 0.25) is 0 Å². The Kier molecular flexibility index (Phi) is 3.42. The Morgan fingerprint density at radius 2 is 2.07 bits per heavy atom. The predicted octanol–water partition coefficient (Wildman–Crippen LogP) is 0.708. The highest BCUT2D eigenvalue weighted by Crippen LogP contribution is 2.47. The van der Waals surface area contributed by atoms with Gasteiger partial charge in [0.25, 0.3) is 0 Å². The van der Waals surface area contributed by atoms with E-state index in [0.717, 1.165) is 25.1 Å². The van der Waals surface area contributed by atoms with Crippen LogP contribution in [0.3, 0.4) is 0 Å². The van der Waals surface area contributed by atoms with Crippen molar-refractivity contribution in [1.29, 1.82) is 0 Å². The molecule has 1 aliphatic heterocycles. The van der Waals surface area contributed by atoms with Crippen molar-refractivity contribution in [1.82, 2.24) is 10.2 Å². The lowest BCUT2D eigenvalue weighted by Crippen LogP contribution is -2.60. The summed E-state index contributed by atoms with van der Waals surface area (Å²) in [5.41, 5.74) is 0.784. The first-order valence-electron chi connectivity index (χ1n) is 5.77. The molecule has 2 aliphatic rings. The smallest absolute Gasteiger partial charge is 0.0587 e. The number of likely N-dealkylation sites (tertiary alicyclic amines) is 1. The van der Waals surface area contributed by atoms with Crippen LogP contribution in [0.2, 0.25) is 0 Å². The molecule has 1 N–H and O–H groups in total. The van der Waals surface area contributed by atoms with Gasteiger partial charge in [0, 0.05) is 39.8 Å². The Morgan fingerprint density at radius 1 is 1.29 bits per heavy atom. The van der Waals surface area contributed by atoms with Gasteiger partial charge in [-0.15, -0.1) is 0 Å². The molecule has 2 fully saturated rings. The van der Waals surface area contributed by atoms with E-state index in [4.69, 9.17) is 4.74 Å². The third-order valence-corrected chi connectivity index (χ3v) is 3.62. The van der Waals surface area contributed by atoms with Gasteiger partial charge in [-0.05, 0) is 18.3 Å². The molecule has 3 nitrogen and oxygen atoms in total. The molecule has 1 aliphatic carbocycles. The van der Waals surface area contributed by atoms with Gasteiger partial charge in [-0.1, -0.05) is 6.42 Å². The normalized spacial score (nSPS) is 24.6. The summed E-state index contributed by atoms with van der Waals surface area (Å²) in [5, 5.41) is 3.38. The summed E-state index contributed by atoms with van der Waals surface area (Å²) in [7, 11) is 1.75. The van der Waals surface area contributed by atoms with E-state index in [2.05, 4.69) is 10.2 Å². The number of nitrogens with zero attached hydrogens (tertiary/aromatic N) is 1. The van der Waals surface area contributed by atoms with E-state index in [1.54, 1.807) is 7.11 Å². The van der Waals surface area contributed by atoms with Crippen molar-refractivity contribution in [3.05, 3.63) is 0 Å². The molecule has 0 atom stereocenters. The molecule has 0 unspecified atom stereocenters. The average molecular weight is 198 g/mol. The van der Waals surface area contributed by atoms with Crippen LogP contribution in [0.4, 0.5) is 0 Å². The zero-order valence-electron chi connectivity index (χ0n) is 9.22. The Balaban J connectivity index is 1.44. The molecule has 0 radical (unpaired) electrons. The number of methoxy groups -OCH3 is 1. The van der Waals surface area contributed by atoms with Crippen LogP contribution in [0.25, 0.3) is 0 Å². The van der Waals surface area contributed by atoms with Crippen LogP contribution < -0.4 is 5.32 Å². The molecule has 1 saturated heterocycles. The largest absolute Gasteiger partial charge is 0.383 e. The Bertz CT molecular complexity index is 172. The monoisotopic (exact) mass is 198 g/mol. The number of rotatable bonds is 6. The van der Waals surface area contributed by atoms with Crippen molar-refractivity contribution < 1.29 is 4.74 Å². The molecule has 1 spiro atoms. The Morgan fingerprint density at radius 3 is 2.64 bits per heavy atom. The molecule has 2 rings (SSSR count). The predicted molar refractivity (Wildman–Crippen MR) is 57.5 cm³/mol. The van der Waals surface area contributed by atoms with Gasteiger partial charge in [-0.2, -0.15) is 0 Å². The number of hydrogen-bond donors (Lipinski definition) is 1. The summed E-state index contributed by atoms with van der Waals surface area (Å²) >= 11 is 0. The Hall–Kier alpha value is -0.120. The summed E-state index contributed by atoms with van der Waals surface area (Å²) < 4.78 is 4.97. The standard InChI is InChI=1S/C11H22N2O/c1-14-8-6-12-5-7-13-9-11(10-13)3-2-4-11/h12H,2-10H2,1H3. The van der Waals surface area contributed by atoms with Crippen molar-refractivity contribution in [2.24, 2.45) is 5.41 Å². The van der Waals surface area contributed by atoms with E-state index in [1.165, 1.54) is 38.9 Å². The fourth-order valence-corrected chi connectivity index (χ4v) is 2.59. The third-order valence-electron chi connectivity index (χ3n) is 3.62. The molecular weight excluding hydrogens is 176 g/mol. The van der Waals surface area contributed by atoms with Crippen molar-refractivity contribution in [2.75, 3.05) is 46.4 Å². The topological polar surface area (TPSA) is 24.5 Å². The van der Waals surface area contributed by atoms with E-state index in [1.807, 2.05) is 0 Å². The Labute approximate surface area is 86.8 Å². The van der Waals surface area contributed by atoms with Gasteiger partial charge in [0.05, 0.1) is 6.61 Å². The minimum absolute atomic E-state index is 0.784. The molecule has 0 aromatic rings. The van der Waals surface area contributed by atoms with Crippen LogP contribution in [0.5, 0.6) is 0 Å². The summed E-state index contributed by atoms with van der Waals surface area (Å²) in [6, 6.07) is 0. The first kappa shape index (κ1) is 10.4. The van der Waals surface area contributed by atoms with E-state index in [0.29, 0.717) is 0 Å². The fraction of sp³-hybridized carbons (Fsp3) is 1.00. The molecule has 1 heterocycles. The zero-order chi connectivity index (χ0) is 9.86.